The molecular formula is C15H12ClNO3. The minimum atomic E-state index is -0.579. The Labute approximate surface area is 121 Å². The van der Waals surface area contributed by atoms with Gasteiger partial charge in [-0.25, -0.2) is 4.79 Å². The largest absolute Gasteiger partial charge is 0.365 e. The van der Waals surface area contributed by atoms with E-state index in [4.69, 9.17) is 16.4 Å². The molecule has 0 N–H and O–H groups in total. The molecule has 0 heterocycles. The van der Waals surface area contributed by atoms with Crippen LogP contribution in [0.25, 0.3) is 0 Å². The zero-order valence-corrected chi connectivity index (χ0v) is 11.8. The number of allylic oxidation sites excluding steroid dienone is 4. The van der Waals surface area contributed by atoms with E-state index >= 15 is 0 Å². The monoisotopic (exact) mass is 289 g/mol. The Bertz CT molecular complexity index is 654. The van der Waals surface area contributed by atoms with Crippen LogP contribution in [0.3, 0.4) is 0 Å². The summed E-state index contributed by atoms with van der Waals surface area (Å²) in [6.07, 6.45) is 3.05. The second-order valence-corrected chi connectivity index (χ2v) is 4.82. The summed E-state index contributed by atoms with van der Waals surface area (Å²) in [5, 5.41) is 4.32. The first-order valence-corrected chi connectivity index (χ1v) is 6.31. The van der Waals surface area contributed by atoms with Gasteiger partial charge in [0.2, 0.25) is 0 Å². The van der Waals surface area contributed by atoms with E-state index in [1.165, 1.54) is 6.08 Å². The van der Waals surface area contributed by atoms with Crippen LogP contribution in [0.2, 0.25) is 5.02 Å². The van der Waals surface area contributed by atoms with Crippen LogP contribution in [-0.2, 0) is 9.63 Å². The third-order valence-corrected chi connectivity index (χ3v) is 3.05. The van der Waals surface area contributed by atoms with Gasteiger partial charge in [-0.05, 0) is 61.4 Å². The molecule has 0 radical (unpaired) electrons. The molecule has 0 unspecified atom stereocenters. The number of halogens is 1. The van der Waals surface area contributed by atoms with Crippen molar-refractivity contribution in [1.29, 1.82) is 0 Å². The molecule has 0 saturated carbocycles. The SMILES string of the molecule is CC1=C/C(=N/OC(=O)c2ccc(Cl)cc2)C(C)=CC1=O. The number of hydrogen-bond acceptors (Lipinski definition) is 4. The minimum Gasteiger partial charge on any atom is -0.312 e. The third-order valence-electron chi connectivity index (χ3n) is 2.80. The van der Waals surface area contributed by atoms with Crippen LogP contribution >= 0.6 is 11.6 Å². The van der Waals surface area contributed by atoms with Gasteiger partial charge < -0.3 is 4.84 Å². The molecule has 1 aromatic carbocycles. The predicted octanol–water partition coefficient (Wildman–Crippen LogP) is 3.33. The third kappa shape index (κ3) is 3.22. The van der Waals surface area contributed by atoms with Crippen LogP contribution in [0.4, 0.5) is 0 Å². The fraction of sp³-hybridized carbons (Fsp3) is 0.133. The van der Waals surface area contributed by atoms with Crippen LogP contribution in [0.15, 0.2) is 52.7 Å². The fourth-order valence-corrected chi connectivity index (χ4v) is 1.73. The van der Waals surface area contributed by atoms with Gasteiger partial charge in [0.1, 0.15) is 5.71 Å². The number of carbonyl (C=O) groups is 2. The van der Waals surface area contributed by atoms with Crippen molar-refractivity contribution in [3.05, 3.63) is 58.1 Å². The van der Waals surface area contributed by atoms with Crippen molar-refractivity contribution < 1.29 is 14.4 Å². The molecule has 1 aliphatic carbocycles. The number of ketones is 1. The molecule has 102 valence electrons. The summed E-state index contributed by atoms with van der Waals surface area (Å²) < 4.78 is 0. The first-order valence-electron chi connectivity index (χ1n) is 5.93. The topological polar surface area (TPSA) is 55.7 Å². The molecule has 4 nitrogen and oxygen atoms in total. The quantitative estimate of drug-likeness (QED) is 0.477. The van der Waals surface area contributed by atoms with Crippen LogP contribution in [0.1, 0.15) is 24.2 Å². The van der Waals surface area contributed by atoms with E-state index in [0.717, 1.165) is 0 Å². The number of hydrogen-bond donors (Lipinski definition) is 0. The Morgan fingerprint density at radius 2 is 1.75 bits per heavy atom. The molecule has 2 rings (SSSR count). The average molecular weight is 290 g/mol. The molecule has 20 heavy (non-hydrogen) atoms. The summed E-state index contributed by atoms with van der Waals surface area (Å²) in [5.41, 5.74) is 2.03. The van der Waals surface area contributed by atoms with Gasteiger partial charge in [0.05, 0.1) is 5.56 Å². The van der Waals surface area contributed by atoms with Gasteiger partial charge in [-0.2, -0.15) is 0 Å². The maximum absolute atomic E-state index is 11.8. The summed E-state index contributed by atoms with van der Waals surface area (Å²) in [6.45, 7) is 3.41. The zero-order valence-electron chi connectivity index (χ0n) is 11.0. The highest BCUT2D eigenvalue weighted by molar-refractivity contribution is 6.30. The Morgan fingerprint density at radius 3 is 2.40 bits per heavy atom. The average Bonchev–Trinajstić information content (AvgIpc) is 2.42. The van der Waals surface area contributed by atoms with Crippen molar-refractivity contribution in [2.45, 2.75) is 13.8 Å². The van der Waals surface area contributed by atoms with Gasteiger partial charge in [0.25, 0.3) is 0 Å². The zero-order chi connectivity index (χ0) is 14.7. The first kappa shape index (κ1) is 14.2. The smallest absolute Gasteiger partial charge is 0.312 e. The fourth-order valence-electron chi connectivity index (χ4n) is 1.60. The van der Waals surface area contributed by atoms with E-state index in [2.05, 4.69) is 5.16 Å². The molecule has 0 spiro atoms. The summed E-state index contributed by atoms with van der Waals surface area (Å²) in [7, 11) is 0. The molecule has 0 fully saturated rings. The van der Waals surface area contributed by atoms with Crippen LogP contribution in [-0.4, -0.2) is 17.5 Å². The summed E-state index contributed by atoms with van der Waals surface area (Å²) in [4.78, 5) is 28.1. The van der Waals surface area contributed by atoms with E-state index in [1.807, 2.05) is 0 Å². The van der Waals surface area contributed by atoms with Gasteiger partial charge in [-0.1, -0.05) is 16.8 Å². The molecule has 0 atom stereocenters. The minimum absolute atomic E-state index is 0.0644. The standard InChI is InChI=1S/C15H12ClNO3/c1-9-8-14(18)10(2)7-13(9)17-20-15(19)11-3-5-12(16)6-4-11/h3-8H,1-2H3/b17-13-. The molecule has 1 aromatic rings. The van der Waals surface area contributed by atoms with Crippen molar-refractivity contribution in [1.82, 2.24) is 0 Å². The second-order valence-electron chi connectivity index (χ2n) is 4.38. The predicted molar refractivity (Wildman–Crippen MR) is 76.8 cm³/mol. The van der Waals surface area contributed by atoms with E-state index in [0.29, 0.717) is 27.4 Å². The lowest BCUT2D eigenvalue weighted by Crippen LogP contribution is -2.11. The Hall–Kier alpha value is -2.20. The number of carbonyl (C=O) groups excluding carboxylic acids is 2. The van der Waals surface area contributed by atoms with Crippen LogP contribution in [0, 0.1) is 0 Å². The highest BCUT2D eigenvalue weighted by Gasteiger charge is 2.14. The molecule has 1 aliphatic rings. The van der Waals surface area contributed by atoms with E-state index in [-0.39, 0.29) is 5.78 Å². The van der Waals surface area contributed by atoms with Crippen molar-refractivity contribution >= 4 is 29.1 Å². The van der Waals surface area contributed by atoms with Crippen molar-refractivity contribution in [2.75, 3.05) is 0 Å². The first-order chi connectivity index (χ1) is 9.47. The van der Waals surface area contributed by atoms with Gasteiger partial charge in [0, 0.05) is 5.02 Å². The number of oxime groups is 1. The van der Waals surface area contributed by atoms with Crippen LogP contribution in [0.5, 0.6) is 0 Å². The van der Waals surface area contributed by atoms with E-state index < -0.39 is 5.97 Å². The molecule has 0 aromatic heterocycles. The molecule has 0 saturated heterocycles. The maximum Gasteiger partial charge on any atom is 0.365 e. The summed E-state index contributed by atoms with van der Waals surface area (Å²) in [6, 6.07) is 6.30. The van der Waals surface area contributed by atoms with Crippen molar-refractivity contribution in [3.8, 4) is 0 Å². The highest BCUT2D eigenvalue weighted by atomic mass is 35.5. The summed E-state index contributed by atoms with van der Waals surface area (Å²) >= 11 is 5.74. The van der Waals surface area contributed by atoms with Gasteiger partial charge in [-0.3, -0.25) is 4.79 Å². The van der Waals surface area contributed by atoms with E-state index in [1.54, 1.807) is 44.2 Å². The lowest BCUT2D eigenvalue weighted by Gasteiger charge is -2.08. The normalized spacial score (nSPS) is 16.8. The van der Waals surface area contributed by atoms with Gasteiger partial charge in [0.15, 0.2) is 5.78 Å². The number of benzene rings is 1. The lowest BCUT2D eigenvalue weighted by molar-refractivity contribution is -0.111. The summed E-state index contributed by atoms with van der Waals surface area (Å²) in [5.74, 6) is -0.643. The van der Waals surface area contributed by atoms with Gasteiger partial charge >= 0.3 is 5.97 Å². The Balaban J connectivity index is 2.13. The number of nitrogens with zero attached hydrogens (tertiary/aromatic N) is 1. The Kier molecular flexibility index (Phi) is 4.15. The Morgan fingerprint density at radius 1 is 1.10 bits per heavy atom. The molecular weight excluding hydrogens is 278 g/mol. The molecule has 0 bridgehead atoms. The lowest BCUT2D eigenvalue weighted by atomic mass is 9.99. The van der Waals surface area contributed by atoms with Crippen molar-refractivity contribution in [2.24, 2.45) is 5.16 Å². The maximum atomic E-state index is 11.8. The highest BCUT2D eigenvalue weighted by Crippen LogP contribution is 2.14. The van der Waals surface area contributed by atoms with Crippen molar-refractivity contribution in [3.63, 3.8) is 0 Å². The second kappa shape index (κ2) is 5.84. The molecule has 0 aliphatic heterocycles. The van der Waals surface area contributed by atoms with Crippen LogP contribution < -0.4 is 0 Å². The van der Waals surface area contributed by atoms with Gasteiger partial charge in [-0.15, -0.1) is 0 Å². The molecule has 0 amide bonds. The number of rotatable bonds is 2. The molecule has 5 heteroatoms. The van der Waals surface area contributed by atoms with E-state index in [9.17, 15) is 9.59 Å².